The summed E-state index contributed by atoms with van der Waals surface area (Å²) < 4.78 is 5.59. The number of aliphatic imine (C=N–C) groups is 1. The largest absolute Gasteiger partial charge is 0.455 e. The van der Waals surface area contributed by atoms with E-state index in [1.54, 1.807) is 48.5 Å². The van der Waals surface area contributed by atoms with Gasteiger partial charge < -0.3 is 4.74 Å². The second kappa shape index (κ2) is 5.30. The Labute approximate surface area is 103 Å². The second-order valence-electron chi connectivity index (χ2n) is 3.23. The normalized spacial score (nSPS) is 9.47. The monoisotopic (exact) mass is 245 g/mol. The van der Waals surface area contributed by atoms with E-state index in [-0.39, 0.29) is 0 Å². The lowest BCUT2D eigenvalue weighted by Crippen LogP contribution is -1.84. The van der Waals surface area contributed by atoms with Gasteiger partial charge in [0.05, 0.1) is 0 Å². The molecule has 4 heteroatoms. The van der Waals surface area contributed by atoms with Gasteiger partial charge in [0.2, 0.25) is 6.08 Å². The first-order valence-electron chi connectivity index (χ1n) is 4.90. The molecule has 84 valence electrons. The minimum absolute atomic E-state index is 0.442. The van der Waals surface area contributed by atoms with Crippen molar-refractivity contribution in [1.29, 1.82) is 0 Å². The lowest BCUT2D eigenvalue weighted by molar-refractivity contribution is 0.484. The van der Waals surface area contributed by atoms with Gasteiger partial charge in [-0.15, -0.1) is 0 Å². The van der Waals surface area contributed by atoms with E-state index < -0.39 is 0 Å². The van der Waals surface area contributed by atoms with Crippen LogP contribution in [0.2, 0.25) is 5.02 Å². The Morgan fingerprint density at radius 1 is 1.06 bits per heavy atom. The molecule has 0 aromatic heterocycles. The van der Waals surface area contributed by atoms with Crippen LogP contribution in [0.3, 0.4) is 0 Å². The van der Waals surface area contributed by atoms with E-state index in [9.17, 15) is 4.79 Å². The summed E-state index contributed by atoms with van der Waals surface area (Å²) >= 11 is 5.77. The minimum Gasteiger partial charge on any atom is -0.455 e. The predicted octanol–water partition coefficient (Wildman–Crippen LogP) is 4.10. The van der Waals surface area contributed by atoms with Crippen LogP contribution in [0.1, 0.15) is 0 Å². The van der Waals surface area contributed by atoms with Gasteiger partial charge in [0.15, 0.2) is 5.75 Å². The van der Waals surface area contributed by atoms with Gasteiger partial charge >= 0.3 is 0 Å². The van der Waals surface area contributed by atoms with Crippen molar-refractivity contribution in [2.24, 2.45) is 4.99 Å². The molecule has 0 N–H and O–H groups in total. The number of nitrogens with zero attached hydrogens (tertiary/aromatic N) is 1. The summed E-state index contributed by atoms with van der Waals surface area (Å²) in [5, 5.41) is 0.636. The van der Waals surface area contributed by atoms with Crippen LogP contribution in [0.4, 0.5) is 5.69 Å². The Bertz CT molecular complexity index is 560. The van der Waals surface area contributed by atoms with Crippen molar-refractivity contribution in [2.75, 3.05) is 0 Å². The number of hydrogen-bond acceptors (Lipinski definition) is 3. The van der Waals surface area contributed by atoms with Crippen LogP contribution in [-0.4, -0.2) is 6.08 Å². The average molecular weight is 246 g/mol. The highest BCUT2D eigenvalue weighted by molar-refractivity contribution is 6.30. The molecule has 0 spiro atoms. The third-order valence-electron chi connectivity index (χ3n) is 2.07. The Morgan fingerprint density at radius 3 is 2.47 bits per heavy atom. The molecule has 0 aliphatic rings. The summed E-state index contributed by atoms with van der Waals surface area (Å²) in [6.45, 7) is 0. The standard InChI is InChI=1S/C13H8ClNO2/c14-10-5-7-11(8-6-10)17-13-4-2-1-3-12(13)15-9-16/h1-8H. The summed E-state index contributed by atoms with van der Waals surface area (Å²) in [4.78, 5) is 13.8. The first-order chi connectivity index (χ1) is 8.29. The third-order valence-corrected chi connectivity index (χ3v) is 2.32. The van der Waals surface area contributed by atoms with E-state index in [4.69, 9.17) is 16.3 Å². The Hall–Kier alpha value is -2.09. The SMILES string of the molecule is O=C=Nc1ccccc1Oc1ccc(Cl)cc1. The fourth-order valence-electron chi connectivity index (χ4n) is 1.31. The van der Waals surface area contributed by atoms with E-state index in [1.165, 1.54) is 6.08 Å². The van der Waals surface area contributed by atoms with Crippen LogP contribution in [-0.2, 0) is 4.79 Å². The first kappa shape index (κ1) is 11.4. The van der Waals surface area contributed by atoms with Gasteiger partial charge in [0.1, 0.15) is 11.4 Å². The van der Waals surface area contributed by atoms with Gasteiger partial charge in [-0.05, 0) is 36.4 Å². The van der Waals surface area contributed by atoms with Gasteiger partial charge in [-0.25, -0.2) is 4.79 Å². The van der Waals surface area contributed by atoms with Crippen LogP contribution < -0.4 is 4.74 Å². The molecule has 0 amide bonds. The number of hydrogen-bond donors (Lipinski definition) is 0. The molecular formula is C13H8ClNO2. The number of halogens is 1. The molecule has 0 bridgehead atoms. The molecule has 17 heavy (non-hydrogen) atoms. The van der Waals surface area contributed by atoms with E-state index in [0.717, 1.165) is 0 Å². The van der Waals surface area contributed by atoms with Crippen molar-refractivity contribution in [3.05, 3.63) is 53.6 Å². The van der Waals surface area contributed by atoms with Gasteiger partial charge in [-0.3, -0.25) is 0 Å². The molecule has 0 saturated carbocycles. The van der Waals surface area contributed by atoms with Crippen molar-refractivity contribution in [3.63, 3.8) is 0 Å². The summed E-state index contributed by atoms with van der Waals surface area (Å²) in [7, 11) is 0. The van der Waals surface area contributed by atoms with Crippen LogP contribution in [0.15, 0.2) is 53.5 Å². The van der Waals surface area contributed by atoms with Gasteiger partial charge in [-0.2, -0.15) is 4.99 Å². The van der Waals surface area contributed by atoms with Gasteiger partial charge in [0, 0.05) is 5.02 Å². The predicted molar refractivity (Wildman–Crippen MR) is 65.7 cm³/mol. The van der Waals surface area contributed by atoms with Crippen molar-refractivity contribution in [3.8, 4) is 11.5 Å². The fourth-order valence-corrected chi connectivity index (χ4v) is 1.44. The summed E-state index contributed by atoms with van der Waals surface area (Å²) in [5.41, 5.74) is 0.442. The quantitative estimate of drug-likeness (QED) is 0.603. The van der Waals surface area contributed by atoms with E-state index >= 15 is 0 Å². The number of rotatable bonds is 3. The maximum atomic E-state index is 10.3. The zero-order valence-electron chi connectivity index (χ0n) is 8.76. The lowest BCUT2D eigenvalue weighted by atomic mass is 10.3. The zero-order chi connectivity index (χ0) is 12.1. The molecule has 2 aromatic carbocycles. The summed E-state index contributed by atoms with van der Waals surface area (Å²) in [5.74, 6) is 1.13. The molecule has 0 heterocycles. The fraction of sp³-hybridized carbons (Fsp3) is 0. The molecule has 0 aliphatic carbocycles. The molecule has 3 nitrogen and oxygen atoms in total. The molecule has 0 aliphatic heterocycles. The molecular weight excluding hydrogens is 238 g/mol. The van der Waals surface area contributed by atoms with Crippen molar-refractivity contribution in [2.45, 2.75) is 0 Å². The topological polar surface area (TPSA) is 38.7 Å². The van der Waals surface area contributed by atoms with Gasteiger partial charge in [-0.1, -0.05) is 23.7 Å². The van der Waals surface area contributed by atoms with Crippen molar-refractivity contribution >= 4 is 23.4 Å². The van der Waals surface area contributed by atoms with E-state index in [0.29, 0.717) is 22.2 Å². The summed E-state index contributed by atoms with van der Waals surface area (Å²) in [6, 6.07) is 13.9. The van der Waals surface area contributed by atoms with E-state index in [2.05, 4.69) is 4.99 Å². The second-order valence-corrected chi connectivity index (χ2v) is 3.66. The Morgan fingerprint density at radius 2 is 1.76 bits per heavy atom. The lowest BCUT2D eigenvalue weighted by Gasteiger charge is -2.07. The van der Waals surface area contributed by atoms with Crippen molar-refractivity contribution in [1.82, 2.24) is 0 Å². The third kappa shape index (κ3) is 2.94. The smallest absolute Gasteiger partial charge is 0.240 e. The van der Waals surface area contributed by atoms with Crippen molar-refractivity contribution < 1.29 is 9.53 Å². The summed E-state index contributed by atoms with van der Waals surface area (Å²) in [6.07, 6.45) is 1.49. The molecule has 0 fully saturated rings. The molecule has 0 radical (unpaired) electrons. The average Bonchev–Trinajstić information content (AvgIpc) is 2.35. The van der Waals surface area contributed by atoms with Crippen LogP contribution in [0.5, 0.6) is 11.5 Å². The zero-order valence-corrected chi connectivity index (χ0v) is 9.52. The minimum atomic E-state index is 0.442. The van der Waals surface area contributed by atoms with Crippen LogP contribution >= 0.6 is 11.6 Å². The number of carbonyl (C=O) groups excluding carboxylic acids is 1. The molecule has 0 unspecified atom stereocenters. The number of para-hydroxylation sites is 2. The molecule has 2 aromatic rings. The maximum absolute atomic E-state index is 10.3. The van der Waals surface area contributed by atoms with Crippen LogP contribution in [0, 0.1) is 0 Å². The highest BCUT2D eigenvalue weighted by Crippen LogP contribution is 2.31. The van der Waals surface area contributed by atoms with Gasteiger partial charge in [0.25, 0.3) is 0 Å². The highest BCUT2D eigenvalue weighted by Gasteiger charge is 2.02. The van der Waals surface area contributed by atoms with E-state index in [1.807, 2.05) is 0 Å². The Balaban J connectivity index is 2.29. The molecule has 2 rings (SSSR count). The molecule has 0 atom stereocenters. The van der Waals surface area contributed by atoms with Crippen LogP contribution in [0.25, 0.3) is 0 Å². The number of benzene rings is 2. The Kier molecular flexibility index (Phi) is 3.55. The molecule has 0 saturated heterocycles. The first-order valence-corrected chi connectivity index (χ1v) is 5.28. The maximum Gasteiger partial charge on any atom is 0.240 e. The number of isocyanates is 1. The highest BCUT2D eigenvalue weighted by atomic mass is 35.5. The number of ether oxygens (including phenoxy) is 1.